The predicted octanol–water partition coefficient (Wildman–Crippen LogP) is 3.05. The summed E-state index contributed by atoms with van der Waals surface area (Å²) in [5, 5.41) is 12.8. The first-order valence-corrected chi connectivity index (χ1v) is 9.01. The number of Topliss-reactive ketones (excluding diaryl/α,β-unsaturated/α-hetero) is 1. The summed E-state index contributed by atoms with van der Waals surface area (Å²) in [7, 11) is 0. The number of amides is 2. The molecule has 0 aromatic heterocycles. The van der Waals surface area contributed by atoms with Gasteiger partial charge in [0, 0.05) is 5.56 Å². The van der Waals surface area contributed by atoms with Gasteiger partial charge >= 0.3 is 0 Å². The number of hydrogen-bond donors (Lipinski definition) is 2. The third kappa shape index (κ3) is 6.59. The van der Waals surface area contributed by atoms with Crippen LogP contribution in [-0.4, -0.2) is 41.0 Å². The maximum atomic E-state index is 12.9. The van der Waals surface area contributed by atoms with Crippen molar-refractivity contribution in [2.45, 2.75) is 53.0 Å². The lowest BCUT2D eigenvalue weighted by Crippen LogP contribution is -2.52. The number of ketones is 1. The molecule has 0 unspecified atom stereocenters. The van der Waals surface area contributed by atoms with E-state index >= 15 is 0 Å². The minimum Gasteiger partial charge on any atom is -0.345 e. The lowest BCUT2D eigenvalue weighted by Gasteiger charge is -2.32. The average molecular weight is 362 g/mol. The summed E-state index contributed by atoms with van der Waals surface area (Å²) < 4.78 is 0. The summed E-state index contributed by atoms with van der Waals surface area (Å²) >= 11 is 0. The van der Waals surface area contributed by atoms with E-state index in [0.717, 1.165) is 12.8 Å². The molecule has 0 spiro atoms. The number of rotatable bonds is 10. The van der Waals surface area contributed by atoms with Crippen molar-refractivity contribution in [3.8, 4) is 0 Å². The van der Waals surface area contributed by atoms with Crippen LogP contribution in [0.5, 0.6) is 0 Å². The van der Waals surface area contributed by atoms with Gasteiger partial charge in [-0.15, -0.1) is 0 Å². The van der Waals surface area contributed by atoms with E-state index in [-0.39, 0.29) is 24.6 Å². The number of nitrogens with zero attached hydrogens (tertiary/aromatic N) is 1. The lowest BCUT2D eigenvalue weighted by molar-refractivity contribution is -0.154. The Morgan fingerprint density at radius 1 is 1.23 bits per heavy atom. The fourth-order valence-corrected chi connectivity index (χ4v) is 2.73. The van der Waals surface area contributed by atoms with Gasteiger partial charge in [0.15, 0.2) is 5.78 Å². The molecule has 6 nitrogen and oxygen atoms in total. The van der Waals surface area contributed by atoms with Crippen LogP contribution in [0.15, 0.2) is 30.3 Å². The average Bonchev–Trinajstić information content (AvgIpc) is 2.61. The molecule has 0 aliphatic carbocycles. The second-order valence-electron chi connectivity index (χ2n) is 7.60. The Morgan fingerprint density at radius 2 is 1.85 bits per heavy atom. The van der Waals surface area contributed by atoms with E-state index in [1.165, 1.54) is 0 Å². The van der Waals surface area contributed by atoms with Crippen molar-refractivity contribution in [3.05, 3.63) is 35.9 Å². The minimum absolute atomic E-state index is 0.0915. The van der Waals surface area contributed by atoms with Crippen molar-refractivity contribution in [1.29, 1.82) is 0 Å². The van der Waals surface area contributed by atoms with E-state index in [1.54, 1.807) is 24.3 Å². The van der Waals surface area contributed by atoms with E-state index in [9.17, 15) is 19.6 Å². The number of nitrogens with one attached hydrogen (secondary N) is 1. The summed E-state index contributed by atoms with van der Waals surface area (Å²) in [6, 6.07) is 8.15. The molecule has 0 radical (unpaired) electrons. The number of hydroxylamine groups is 2. The molecular weight excluding hydrogens is 332 g/mol. The van der Waals surface area contributed by atoms with Gasteiger partial charge in [-0.3, -0.25) is 19.6 Å². The molecule has 2 N–H and O–H groups in total. The smallest absolute Gasteiger partial charge is 0.233 e. The van der Waals surface area contributed by atoms with Crippen LogP contribution in [0.3, 0.4) is 0 Å². The topological polar surface area (TPSA) is 86.7 Å². The molecule has 0 saturated carbocycles. The Labute approximate surface area is 155 Å². The molecular formula is C20H30N2O4. The minimum atomic E-state index is -0.704. The number of carbonyl (C=O) groups is 3. The van der Waals surface area contributed by atoms with Crippen LogP contribution >= 0.6 is 0 Å². The van der Waals surface area contributed by atoms with Crippen molar-refractivity contribution in [2.75, 3.05) is 6.54 Å². The lowest BCUT2D eigenvalue weighted by atomic mass is 9.81. The largest absolute Gasteiger partial charge is 0.345 e. The standard InChI is InChI=1S/C20H30N2O4/c1-5-6-10-16(13-22(26)14-23)19(25)21-18(20(2,3)4)17(24)15-11-8-7-9-12-15/h7-9,11-12,14,16,18,26H,5-6,10,13H2,1-4H3,(H,21,25)/t16-,18-/m1/s1. The zero-order valence-electron chi connectivity index (χ0n) is 16.1. The number of unbranched alkanes of at least 4 members (excludes halogenated alkanes) is 1. The van der Waals surface area contributed by atoms with Crippen LogP contribution in [0.2, 0.25) is 0 Å². The van der Waals surface area contributed by atoms with E-state index < -0.39 is 17.4 Å². The third-order valence-corrected chi connectivity index (χ3v) is 4.28. The second-order valence-corrected chi connectivity index (χ2v) is 7.60. The molecule has 2 amide bonds. The van der Waals surface area contributed by atoms with Gasteiger partial charge in [-0.25, -0.2) is 5.06 Å². The Balaban J connectivity index is 2.98. The highest BCUT2D eigenvalue weighted by atomic mass is 16.5. The van der Waals surface area contributed by atoms with Crippen molar-refractivity contribution in [1.82, 2.24) is 10.4 Å². The molecule has 6 heteroatoms. The van der Waals surface area contributed by atoms with Crippen molar-refractivity contribution >= 4 is 18.1 Å². The zero-order chi connectivity index (χ0) is 19.7. The first kappa shape index (κ1) is 21.8. The Kier molecular flexibility index (Phi) is 8.45. The number of carbonyl (C=O) groups excluding carboxylic acids is 3. The summed E-state index contributed by atoms with van der Waals surface area (Å²) in [4.78, 5) is 36.4. The van der Waals surface area contributed by atoms with Gasteiger partial charge < -0.3 is 5.32 Å². The van der Waals surface area contributed by atoms with Gasteiger partial charge in [0.25, 0.3) is 0 Å². The van der Waals surface area contributed by atoms with Crippen LogP contribution in [0.1, 0.15) is 57.3 Å². The quantitative estimate of drug-likeness (QED) is 0.290. The van der Waals surface area contributed by atoms with Gasteiger partial charge in [-0.2, -0.15) is 0 Å². The van der Waals surface area contributed by atoms with E-state index in [1.807, 2.05) is 33.8 Å². The molecule has 0 saturated heterocycles. The van der Waals surface area contributed by atoms with Crippen LogP contribution in [0.4, 0.5) is 0 Å². The molecule has 0 heterocycles. The maximum absolute atomic E-state index is 12.9. The number of hydrogen-bond acceptors (Lipinski definition) is 4. The summed E-state index contributed by atoms with van der Waals surface area (Å²) in [6.07, 6.45) is 2.49. The molecule has 1 aromatic carbocycles. The fourth-order valence-electron chi connectivity index (χ4n) is 2.73. The van der Waals surface area contributed by atoms with Crippen LogP contribution in [0.25, 0.3) is 0 Å². The molecule has 1 rings (SSSR count). The summed E-state index contributed by atoms with van der Waals surface area (Å²) in [5.41, 5.74) is 0.0519. The zero-order valence-corrected chi connectivity index (χ0v) is 16.1. The molecule has 26 heavy (non-hydrogen) atoms. The van der Waals surface area contributed by atoms with Crippen LogP contribution in [0, 0.1) is 11.3 Å². The molecule has 0 aliphatic heterocycles. The normalized spacial score (nSPS) is 13.6. The highest BCUT2D eigenvalue weighted by Gasteiger charge is 2.35. The summed E-state index contributed by atoms with van der Waals surface area (Å²) in [6.45, 7) is 7.59. The molecule has 0 bridgehead atoms. The van der Waals surface area contributed by atoms with E-state index in [0.29, 0.717) is 17.0 Å². The fraction of sp³-hybridized carbons (Fsp3) is 0.550. The first-order valence-electron chi connectivity index (χ1n) is 9.01. The Morgan fingerprint density at radius 3 is 2.35 bits per heavy atom. The third-order valence-electron chi connectivity index (χ3n) is 4.28. The second kappa shape index (κ2) is 10.1. The molecule has 1 aromatic rings. The highest BCUT2D eigenvalue weighted by molar-refractivity contribution is 6.02. The Bertz CT molecular complexity index is 596. The number of benzene rings is 1. The maximum Gasteiger partial charge on any atom is 0.233 e. The SMILES string of the molecule is CCCC[C@H](CN(O)C=O)C(=O)N[C@H](C(=O)c1ccccc1)C(C)(C)C. The highest BCUT2D eigenvalue weighted by Crippen LogP contribution is 2.24. The van der Waals surface area contributed by atoms with Gasteiger partial charge in [0.2, 0.25) is 12.3 Å². The van der Waals surface area contributed by atoms with Crippen molar-refractivity contribution < 1.29 is 19.6 Å². The van der Waals surface area contributed by atoms with Gasteiger partial charge in [0.05, 0.1) is 18.5 Å². The van der Waals surface area contributed by atoms with Gasteiger partial charge in [0.1, 0.15) is 0 Å². The van der Waals surface area contributed by atoms with E-state index in [2.05, 4.69) is 5.32 Å². The van der Waals surface area contributed by atoms with E-state index in [4.69, 9.17) is 0 Å². The monoisotopic (exact) mass is 362 g/mol. The molecule has 0 aliphatic rings. The van der Waals surface area contributed by atoms with Crippen LogP contribution in [-0.2, 0) is 9.59 Å². The van der Waals surface area contributed by atoms with Crippen molar-refractivity contribution in [2.24, 2.45) is 11.3 Å². The summed E-state index contributed by atoms with van der Waals surface area (Å²) in [5.74, 6) is -1.06. The predicted molar refractivity (Wildman–Crippen MR) is 99.7 cm³/mol. The Hall–Kier alpha value is -2.21. The van der Waals surface area contributed by atoms with Crippen molar-refractivity contribution in [3.63, 3.8) is 0 Å². The van der Waals surface area contributed by atoms with Crippen LogP contribution < -0.4 is 5.32 Å². The molecule has 144 valence electrons. The molecule has 0 fully saturated rings. The molecule has 2 atom stereocenters. The van der Waals surface area contributed by atoms with Gasteiger partial charge in [-0.1, -0.05) is 70.9 Å². The van der Waals surface area contributed by atoms with Gasteiger partial charge in [-0.05, 0) is 11.8 Å². The first-order chi connectivity index (χ1) is 12.2.